The van der Waals surface area contributed by atoms with E-state index in [1.807, 2.05) is 6.92 Å². The minimum Gasteiger partial charge on any atom is -0.370 e. The van der Waals surface area contributed by atoms with Crippen LogP contribution in [0.4, 0.5) is 5.69 Å². The van der Waals surface area contributed by atoms with Gasteiger partial charge in [-0.2, -0.15) is 0 Å². The normalized spacial score (nSPS) is 30.1. The van der Waals surface area contributed by atoms with E-state index in [0.29, 0.717) is 34.8 Å². The molecule has 9 heteroatoms. The zero-order chi connectivity index (χ0) is 21.1. The van der Waals surface area contributed by atoms with Gasteiger partial charge in [0.1, 0.15) is 5.54 Å². The molecule has 0 radical (unpaired) electrons. The third kappa shape index (κ3) is 2.62. The van der Waals surface area contributed by atoms with Crippen molar-refractivity contribution in [3.8, 4) is 0 Å². The van der Waals surface area contributed by atoms with Crippen LogP contribution >= 0.6 is 11.6 Å². The lowest BCUT2D eigenvalue weighted by molar-refractivity contribution is -0.142. The van der Waals surface area contributed by atoms with Gasteiger partial charge < -0.3 is 11.1 Å². The van der Waals surface area contributed by atoms with Crippen LogP contribution in [0.2, 0.25) is 5.02 Å². The molecule has 4 N–H and O–H groups in total. The third-order valence-electron chi connectivity index (χ3n) is 6.33. The van der Waals surface area contributed by atoms with Crippen molar-refractivity contribution in [3.63, 3.8) is 0 Å². The molecule has 1 aromatic carbocycles. The second-order valence-electron chi connectivity index (χ2n) is 7.96. The van der Waals surface area contributed by atoms with Crippen molar-refractivity contribution >= 4 is 40.9 Å². The van der Waals surface area contributed by atoms with Crippen LogP contribution in [-0.2, 0) is 24.7 Å². The maximum Gasteiger partial charge on any atom is 0.250 e. The average Bonchev–Trinajstić information content (AvgIpc) is 3.22. The van der Waals surface area contributed by atoms with E-state index in [1.165, 1.54) is 4.90 Å². The van der Waals surface area contributed by atoms with Crippen LogP contribution in [-0.4, -0.2) is 41.1 Å². The van der Waals surface area contributed by atoms with E-state index >= 15 is 0 Å². The summed E-state index contributed by atoms with van der Waals surface area (Å²) in [6.45, 7) is 4.05. The standard InChI is InChI=1S/C20H23ClN4O4/c1-3-4-7-25-17(27)14-12(8-13(22)26)24-20(15(14)18(25)28)10-5-6-11(21)9(2)16(10)23-19(20)29/h5-6,12,14-15,24H,3-4,7-8H2,1-2H3,(H2,22,26)(H,23,29). The first kappa shape index (κ1) is 19.8. The van der Waals surface area contributed by atoms with Gasteiger partial charge in [-0.05, 0) is 25.0 Å². The maximum atomic E-state index is 13.3. The summed E-state index contributed by atoms with van der Waals surface area (Å²) in [7, 11) is 0. The molecular formula is C20H23ClN4O4. The van der Waals surface area contributed by atoms with E-state index in [0.717, 1.165) is 6.42 Å². The number of hydrogen-bond donors (Lipinski definition) is 3. The Morgan fingerprint density at radius 3 is 2.66 bits per heavy atom. The number of anilines is 1. The minimum absolute atomic E-state index is 0.140. The zero-order valence-electron chi connectivity index (χ0n) is 16.3. The molecule has 0 saturated carbocycles. The van der Waals surface area contributed by atoms with Crippen LogP contribution < -0.4 is 16.4 Å². The smallest absolute Gasteiger partial charge is 0.250 e. The molecule has 2 saturated heterocycles. The van der Waals surface area contributed by atoms with E-state index in [-0.39, 0.29) is 18.2 Å². The predicted octanol–water partition coefficient (Wildman–Crippen LogP) is 1.04. The molecule has 154 valence electrons. The number of nitrogens with one attached hydrogen (secondary N) is 2. The number of rotatable bonds is 5. The van der Waals surface area contributed by atoms with Crippen LogP contribution in [0.3, 0.4) is 0 Å². The number of likely N-dealkylation sites (tertiary alicyclic amines) is 1. The molecule has 3 heterocycles. The second kappa shape index (κ2) is 6.81. The molecule has 0 aromatic heterocycles. The fourth-order valence-corrected chi connectivity index (χ4v) is 5.13. The number of primary amides is 1. The molecule has 2 fully saturated rings. The molecule has 3 aliphatic rings. The van der Waals surface area contributed by atoms with E-state index in [4.69, 9.17) is 17.3 Å². The highest BCUT2D eigenvalue weighted by molar-refractivity contribution is 6.32. The molecule has 4 amide bonds. The van der Waals surface area contributed by atoms with Crippen LogP contribution in [0.5, 0.6) is 0 Å². The summed E-state index contributed by atoms with van der Waals surface area (Å²) in [5, 5.41) is 6.49. The highest BCUT2D eigenvalue weighted by Crippen LogP contribution is 2.54. The number of hydrogen-bond acceptors (Lipinski definition) is 5. The Labute approximate surface area is 173 Å². The highest BCUT2D eigenvalue weighted by atomic mass is 35.5. The molecular weight excluding hydrogens is 396 g/mol. The molecule has 29 heavy (non-hydrogen) atoms. The summed E-state index contributed by atoms with van der Waals surface area (Å²) in [6.07, 6.45) is 1.36. The number of amides is 4. The first-order valence-electron chi connectivity index (χ1n) is 9.76. The SMILES string of the molecule is CCCCN1C(=O)C2C(CC(N)=O)NC3(C(=O)Nc4c3ccc(Cl)c4C)C2C1=O. The molecule has 8 nitrogen and oxygen atoms in total. The maximum absolute atomic E-state index is 13.3. The van der Waals surface area contributed by atoms with Crippen molar-refractivity contribution < 1.29 is 19.2 Å². The van der Waals surface area contributed by atoms with Crippen molar-refractivity contribution in [1.82, 2.24) is 10.2 Å². The monoisotopic (exact) mass is 418 g/mol. The fourth-order valence-electron chi connectivity index (χ4n) is 4.98. The summed E-state index contributed by atoms with van der Waals surface area (Å²) < 4.78 is 0. The quantitative estimate of drug-likeness (QED) is 0.617. The van der Waals surface area contributed by atoms with Gasteiger partial charge in [0.25, 0.3) is 0 Å². The van der Waals surface area contributed by atoms with Crippen molar-refractivity contribution in [2.75, 3.05) is 11.9 Å². The van der Waals surface area contributed by atoms with Gasteiger partial charge in [-0.1, -0.05) is 31.0 Å². The Hall–Kier alpha value is -2.45. The number of carbonyl (C=O) groups excluding carboxylic acids is 4. The number of imide groups is 1. The summed E-state index contributed by atoms with van der Waals surface area (Å²) in [4.78, 5) is 52.6. The van der Waals surface area contributed by atoms with Gasteiger partial charge in [0.2, 0.25) is 23.6 Å². The molecule has 1 aromatic rings. The number of nitrogens with two attached hydrogens (primary N) is 1. The minimum atomic E-state index is -1.43. The van der Waals surface area contributed by atoms with Crippen molar-refractivity contribution in [1.29, 1.82) is 0 Å². The van der Waals surface area contributed by atoms with Crippen LogP contribution in [0, 0.1) is 18.8 Å². The molecule has 1 spiro atoms. The van der Waals surface area contributed by atoms with E-state index in [1.54, 1.807) is 19.1 Å². The molecule has 4 rings (SSSR count). The number of halogens is 1. The first-order valence-corrected chi connectivity index (χ1v) is 10.1. The van der Waals surface area contributed by atoms with E-state index in [9.17, 15) is 19.2 Å². The number of benzene rings is 1. The summed E-state index contributed by atoms with van der Waals surface area (Å²) in [5.74, 6) is -3.51. The third-order valence-corrected chi connectivity index (χ3v) is 6.74. The number of carbonyl (C=O) groups is 4. The molecule has 0 aliphatic carbocycles. The van der Waals surface area contributed by atoms with Gasteiger partial charge in [0.05, 0.1) is 17.5 Å². The van der Waals surface area contributed by atoms with Crippen LogP contribution in [0.25, 0.3) is 0 Å². The topological polar surface area (TPSA) is 122 Å². The van der Waals surface area contributed by atoms with Gasteiger partial charge in [-0.3, -0.25) is 29.4 Å². The number of nitrogens with zero attached hydrogens (tertiary/aromatic N) is 1. The highest BCUT2D eigenvalue weighted by Gasteiger charge is 2.70. The Kier molecular flexibility index (Phi) is 4.66. The Bertz CT molecular complexity index is 949. The summed E-state index contributed by atoms with van der Waals surface area (Å²) in [6, 6.07) is 2.67. The van der Waals surface area contributed by atoms with Gasteiger partial charge >= 0.3 is 0 Å². The van der Waals surface area contributed by atoms with Gasteiger partial charge in [0.15, 0.2) is 0 Å². The molecule has 4 unspecified atom stereocenters. The average molecular weight is 419 g/mol. The van der Waals surface area contributed by atoms with Gasteiger partial charge in [-0.15, -0.1) is 0 Å². The van der Waals surface area contributed by atoms with Gasteiger partial charge in [0, 0.05) is 29.6 Å². The number of unbranched alkanes of at least 4 members (excludes halogenated alkanes) is 1. The van der Waals surface area contributed by atoms with Crippen LogP contribution in [0.1, 0.15) is 37.3 Å². The predicted molar refractivity (Wildman–Crippen MR) is 106 cm³/mol. The molecule has 4 atom stereocenters. The Morgan fingerprint density at radius 1 is 1.28 bits per heavy atom. The Morgan fingerprint density at radius 2 is 2.00 bits per heavy atom. The fraction of sp³-hybridized carbons (Fsp3) is 0.500. The first-order chi connectivity index (χ1) is 13.7. The zero-order valence-corrected chi connectivity index (χ0v) is 17.0. The van der Waals surface area contributed by atoms with E-state index < -0.39 is 35.2 Å². The lowest BCUT2D eigenvalue weighted by atomic mass is 9.76. The van der Waals surface area contributed by atoms with Crippen molar-refractivity contribution in [2.24, 2.45) is 17.6 Å². The largest absolute Gasteiger partial charge is 0.370 e. The van der Waals surface area contributed by atoms with Crippen molar-refractivity contribution in [2.45, 2.75) is 44.7 Å². The Balaban J connectivity index is 1.86. The number of fused-ring (bicyclic) bond motifs is 4. The van der Waals surface area contributed by atoms with Crippen LogP contribution in [0.15, 0.2) is 12.1 Å². The summed E-state index contributed by atoms with van der Waals surface area (Å²) >= 11 is 6.21. The van der Waals surface area contributed by atoms with Gasteiger partial charge in [-0.25, -0.2) is 0 Å². The summed E-state index contributed by atoms with van der Waals surface area (Å²) in [5.41, 5.74) is 5.78. The molecule has 3 aliphatic heterocycles. The van der Waals surface area contributed by atoms with E-state index in [2.05, 4.69) is 10.6 Å². The molecule has 0 bridgehead atoms. The second-order valence-corrected chi connectivity index (χ2v) is 8.37. The lowest BCUT2D eigenvalue weighted by Gasteiger charge is -2.29. The lowest BCUT2D eigenvalue weighted by Crippen LogP contribution is -2.53. The van der Waals surface area contributed by atoms with Crippen molar-refractivity contribution in [3.05, 3.63) is 28.3 Å².